The zero-order valence-corrected chi connectivity index (χ0v) is 12.4. The van der Waals surface area contributed by atoms with Crippen LogP contribution in [0.3, 0.4) is 0 Å². The van der Waals surface area contributed by atoms with Gasteiger partial charge in [0.2, 0.25) is 11.8 Å². The fraction of sp³-hybridized carbons (Fsp3) is 0.867. The largest absolute Gasteiger partial charge is 0.339 e. The zero-order chi connectivity index (χ0) is 15.1. The summed E-state index contributed by atoms with van der Waals surface area (Å²) in [5.41, 5.74) is 5.92. The van der Waals surface area contributed by atoms with E-state index in [1.54, 1.807) is 0 Å². The first-order valence-corrected chi connectivity index (χ1v) is 7.89. The van der Waals surface area contributed by atoms with E-state index in [4.69, 9.17) is 10.3 Å². The SMILES string of the molecule is CC1CCC(N)(c2noc(C3CCC(F)(F)CC3)n2)CC1. The minimum absolute atomic E-state index is 0.0445. The van der Waals surface area contributed by atoms with E-state index in [9.17, 15) is 8.78 Å². The van der Waals surface area contributed by atoms with Gasteiger partial charge in [0.15, 0.2) is 5.82 Å². The molecule has 6 heteroatoms. The molecule has 0 saturated heterocycles. The Morgan fingerprint density at radius 1 is 1.10 bits per heavy atom. The maximum Gasteiger partial charge on any atom is 0.248 e. The topological polar surface area (TPSA) is 64.9 Å². The molecule has 4 nitrogen and oxygen atoms in total. The van der Waals surface area contributed by atoms with Crippen LogP contribution in [0.25, 0.3) is 0 Å². The predicted octanol–water partition coefficient (Wildman–Crippen LogP) is 3.73. The molecule has 2 fully saturated rings. The number of aromatic nitrogens is 2. The van der Waals surface area contributed by atoms with Crippen molar-refractivity contribution in [3.05, 3.63) is 11.7 Å². The molecule has 0 spiro atoms. The van der Waals surface area contributed by atoms with Crippen LogP contribution in [0.5, 0.6) is 0 Å². The number of nitrogens with two attached hydrogens (primary N) is 1. The van der Waals surface area contributed by atoms with Gasteiger partial charge in [0, 0.05) is 18.8 Å². The summed E-state index contributed by atoms with van der Waals surface area (Å²) in [4.78, 5) is 4.45. The average Bonchev–Trinajstić information content (AvgIpc) is 2.93. The van der Waals surface area contributed by atoms with Crippen molar-refractivity contribution < 1.29 is 13.3 Å². The lowest BCUT2D eigenvalue weighted by molar-refractivity contribution is -0.0402. The maximum atomic E-state index is 13.2. The summed E-state index contributed by atoms with van der Waals surface area (Å²) in [5, 5.41) is 4.05. The third-order valence-electron chi connectivity index (χ3n) is 5.12. The molecule has 0 atom stereocenters. The smallest absolute Gasteiger partial charge is 0.248 e. The highest BCUT2D eigenvalue weighted by Gasteiger charge is 2.40. The van der Waals surface area contributed by atoms with Crippen molar-refractivity contribution in [2.45, 2.75) is 75.7 Å². The van der Waals surface area contributed by atoms with E-state index in [1.807, 2.05) is 0 Å². The number of nitrogens with zero attached hydrogens (tertiary/aromatic N) is 2. The summed E-state index contributed by atoms with van der Waals surface area (Å²) < 4.78 is 31.7. The first-order chi connectivity index (χ1) is 9.88. The van der Waals surface area contributed by atoms with Gasteiger partial charge in [-0.2, -0.15) is 4.98 Å². The molecule has 0 aliphatic heterocycles. The highest BCUT2D eigenvalue weighted by atomic mass is 19.3. The van der Waals surface area contributed by atoms with Crippen LogP contribution in [-0.2, 0) is 5.54 Å². The standard InChI is InChI=1S/C15H23F2N3O/c1-10-2-6-14(18,7-3-10)13-19-12(21-20-13)11-4-8-15(16,17)9-5-11/h10-11H,2-9,18H2,1H3. The molecular weight excluding hydrogens is 276 g/mol. The molecule has 0 aromatic carbocycles. The number of halogens is 2. The molecule has 3 rings (SSSR count). The molecule has 2 aliphatic carbocycles. The lowest BCUT2D eigenvalue weighted by Gasteiger charge is -2.33. The number of hydrogen-bond donors (Lipinski definition) is 1. The highest BCUT2D eigenvalue weighted by molar-refractivity contribution is 5.08. The summed E-state index contributed by atoms with van der Waals surface area (Å²) in [6.45, 7) is 2.23. The number of alkyl halides is 2. The van der Waals surface area contributed by atoms with E-state index < -0.39 is 11.5 Å². The molecule has 1 heterocycles. The van der Waals surface area contributed by atoms with E-state index in [0.29, 0.717) is 30.5 Å². The Morgan fingerprint density at radius 3 is 2.33 bits per heavy atom. The first kappa shape index (κ1) is 14.9. The van der Waals surface area contributed by atoms with Crippen LogP contribution in [-0.4, -0.2) is 16.1 Å². The molecule has 2 aliphatic rings. The molecule has 1 aromatic rings. The summed E-state index contributed by atoms with van der Waals surface area (Å²) in [6.07, 6.45) is 4.46. The van der Waals surface area contributed by atoms with Gasteiger partial charge in [0.25, 0.3) is 0 Å². The van der Waals surface area contributed by atoms with E-state index in [2.05, 4.69) is 17.1 Å². The van der Waals surface area contributed by atoms with Crippen molar-refractivity contribution in [1.82, 2.24) is 10.1 Å². The van der Waals surface area contributed by atoms with Gasteiger partial charge in [-0.15, -0.1) is 0 Å². The van der Waals surface area contributed by atoms with Gasteiger partial charge in [-0.25, -0.2) is 8.78 Å². The fourth-order valence-electron chi connectivity index (χ4n) is 3.39. The van der Waals surface area contributed by atoms with Crippen LogP contribution in [0, 0.1) is 5.92 Å². The van der Waals surface area contributed by atoms with Gasteiger partial charge >= 0.3 is 0 Å². The van der Waals surface area contributed by atoms with Crippen molar-refractivity contribution in [2.75, 3.05) is 0 Å². The predicted molar refractivity (Wildman–Crippen MR) is 74.0 cm³/mol. The Labute approximate surface area is 123 Å². The highest BCUT2D eigenvalue weighted by Crippen LogP contribution is 2.41. The van der Waals surface area contributed by atoms with Crippen molar-refractivity contribution in [1.29, 1.82) is 0 Å². The normalized spacial score (nSPS) is 34.0. The lowest BCUT2D eigenvalue weighted by Crippen LogP contribution is -2.41. The second kappa shape index (κ2) is 5.30. The lowest BCUT2D eigenvalue weighted by atomic mass is 9.77. The van der Waals surface area contributed by atoms with Crippen LogP contribution < -0.4 is 5.73 Å². The molecule has 0 amide bonds. The van der Waals surface area contributed by atoms with E-state index >= 15 is 0 Å². The molecule has 118 valence electrons. The number of rotatable bonds is 2. The second-order valence-electron chi connectivity index (χ2n) is 6.93. The quantitative estimate of drug-likeness (QED) is 0.903. The maximum absolute atomic E-state index is 13.2. The first-order valence-electron chi connectivity index (χ1n) is 7.89. The molecule has 0 bridgehead atoms. The third-order valence-corrected chi connectivity index (χ3v) is 5.12. The summed E-state index contributed by atoms with van der Waals surface area (Å²) >= 11 is 0. The van der Waals surface area contributed by atoms with E-state index in [-0.39, 0.29) is 18.8 Å². The average molecular weight is 299 g/mol. The minimum Gasteiger partial charge on any atom is -0.339 e. The van der Waals surface area contributed by atoms with Gasteiger partial charge < -0.3 is 10.3 Å². The summed E-state index contributed by atoms with van der Waals surface area (Å²) in [5.74, 6) is -0.843. The fourth-order valence-corrected chi connectivity index (χ4v) is 3.39. The molecule has 21 heavy (non-hydrogen) atoms. The van der Waals surface area contributed by atoms with Gasteiger partial charge in [-0.1, -0.05) is 12.1 Å². The van der Waals surface area contributed by atoms with Crippen molar-refractivity contribution in [3.8, 4) is 0 Å². The Kier molecular flexibility index (Phi) is 3.76. The van der Waals surface area contributed by atoms with E-state index in [0.717, 1.165) is 25.7 Å². The summed E-state index contributed by atoms with van der Waals surface area (Å²) in [7, 11) is 0. The zero-order valence-electron chi connectivity index (χ0n) is 12.4. The molecule has 0 radical (unpaired) electrons. The Bertz CT molecular complexity index is 485. The van der Waals surface area contributed by atoms with Crippen molar-refractivity contribution in [2.24, 2.45) is 11.7 Å². The third kappa shape index (κ3) is 3.10. The second-order valence-corrected chi connectivity index (χ2v) is 6.93. The van der Waals surface area contributed by atoms with Crippen LogP contribution in [0.4, 0.5) is 8.78 Å². The van der Waals surface area contributed by atoms with E-state index in [1.165, 1.54) is 0 Å². The minimum atomic E-state index is -2.53. The Balaban J connectivity index is 1.69. The van der Waals surface area contributed by atoms with Crippen LogP contribution >= 0.6 is 0 Å². The Hall–Kier alpha value is -1.04. The van der Waals surface area contributed by atoms with Gasteiger partial charge in [0.05, 0.1) is 5.54 Å². The summed E-state index contributed by atoms with van der Waals surface area (Å²) in [6, 6.07) is 0. The number of hydrogen-bond acceptors (Lipinski definition) is 4. The molecule has 0 unspecified atom stereocenters. The monoisotopic (exact) mass is 299 g/mol. The molecular formula is C15H23F2N3O. The van der Waals surface area contributed by atoms with Crippen molar-refractivity contribution >= 4 is 0 Å². The van der Waals surface area contributed by atoms with Gasteiger partial charge in [-0.05, 0) is 44.4 Å². The van der Waals surface area contributed by atoms with Gasteiger partial charge in [0.1, 0.15) is 0 Å². The van der Waals surface area contributed by atoms with Crippen LogP contribution in [0.1, 0.15) is 75.9 Å². The molecule has 2 saturated carbocycles. The molecule has 2 N–H and O–H groups in total. The van der Waals surface area contributed by atoms with Crippen LogP contribution in [0.15, 0.2) is 4.52 Å². The molecule has 1 aromatic heterocycles. The van der Waals surface area contributed by atoms with Crippen molar-refractivity contribution in [3.63, 3.8) is 0 Å². The van der Waals surface area contributed by atoms with Crippen LogP contribution in [0.2, 0.25) is 0 Å². The Morgan fingerprint density at radius 2 is 1.71 bits per heavy atom. The van der Waals surface area contributed by atoms with Gasteiger partial charge in [-0.3, -0.25) is 0 Å².